The van der Waals surface area contributed by atoms with Crippen molar-refractivity contribution in [3.05, 3.63) is 101 Å². The maximum atomic E-state index is 13.9. The Morgan fingerprint density at radius 1 is 0.784 bits per heavy atom. The average Bonchev–Trinajstić information content (AvgIpc) is 3.44. The zero-order valence-corrected chi connectivity index (χ0v) is 20.5. The predicted molar refractivity (Wildman–Crippen MR) is 133 cm³/mol. The highest BCUT2D eigenvalue weighted by atomic mass is 19.1. The first-order chi connectivity index (χ1) is 17.6. The lowest BCUT2D eigenvalue weighted by molar-refractivity contribution is -0.127. The Hall–Kier alpha value is -3.97. The van der Waals surface area contributed by atoms with E-state index in [1.54, 1.807) is 12.1 Å². The van der Waals surface area contributed by atoms with Gasteiger partial charge in [-0.05, 0) is 40.8 Å². The second-order valence-electron chi connectivity index (χ2n) is 10.8. The van der Waals surface area contributed by atoms with Crippen molar-refractivity contribution in [1.29, 1.82) is 0 Å². The molecular formula is C30H24FNO5. The van der Waals surface area contributed by atoms with Gasteiger partial charge in [0.05, 0.1) is 23.6 Å². The van der Waals surface area contributed by atoms with Crippen molar-refractivity contribution in [1.82, 2.24) is 0 Å². The van der Waals surface area contributed by atoms with Gasteiger partial charge in [-0.25, -0.2) is 9.29 Å². The van der Waals surface area contributed by atoms with Crippen molar-refractivity contribution in [2.45, 2.75) is 37.9 Å². The normalized spacial score (nSPS) is 24.2. The van der Waals surface area contributed by atoms with Gasteiger partial charge in [0.2, 0.25) is 29.0 Å². The zero-order valence-electron chi connectivity index (χ0n) is 20.5. The molecule has 2 saturated heterocycles. The lowest BCUT2D eigenvalue weighted by Crippen LogP contribution is -2.51. The summed E-state index contributed by atoms with van der Waals surface area (Å²) in [6.45, 7) is 6.23. The summed E-state index contributed by atoms with van der Waals surface area (Å²) in [6, 6.07) is 18.8. The van der Waals surface area contributed by atoms with Gasteiger partial charge in [0.1, 0.15) is 5.82 Å². The van der Waals surface area contributed by atoms with Crippen LogP contribution >= 0.6 is 0 Å². The molecule has 1 spiro atoms. The number of fused-ring (bicyclic) bond motifs is 3. The number of nitrogens with zero attached hydrogens (tertiary/aromatic N) is 1. The molecular weight excluding hydrogens is 473 g/mol. The summed E-state index contributed by atoms with van der Waals surface area (Å²) < 4.78 is 19.9. The molecule has 3 atom stereocenters. The largest absolute Gasteiger partial charge is 0.349 e. The summed E-state index contributed by atoms with van der Waals surface area (Å²) in [6.07, 6.45) is -0.997. The van der Waals surface area contributed by atoms with Gasteiger partial charge in [-0.15, -0.1) is 0 Å². The highest BCUT2D eigenvalue weighted by Gasteiger charge is 2.74. The molecule has 0 aromatic heterocycles. The molecule has 3 aromatic rings. The van der Waals surface area contributed by atoms with Gasteiger partial charge < -0.3 is 4.74 Å². The van der Waals surface area contributed by atoms with Crippen LogP contribution in [0.25, 0.3) is 0 Å². The van der Waals surface area contributed by atoms with Crippen LogP contribution in [0.15, 0.2) is 72.8 Å². The van der Waals surface area contributed by atoms with E-state index in [-0.39, 0.29) is 22.2 Å². The molecule has 1 aliphatic carbocycles. The first kappa shape index (κ1) is 23.4. The Labute approximate surface area is 213 Å². The molecule has 2 heterocycles. The first-order valence-electron chi connectivity index (χ1n) is 12.2. The highest BCUT2D eigenvalue weighted by Crippen LogP contribution is 2.57. The van der Waals surface area contributed by atoms with Crippen LogP contribution in [0, 0.1) is 17.7 Å². The number of halogens is 1. The molecule has 0 bridgehead atoms. The van der Waals surface area contributed by atoms with Gasteiger partial charge in [-0.3, -0.25) is 19.2 Å². The minimum Gasteiger partial charge on any atom is -0.349 e. The van der Waals surface area contributed by atoms with E-state index >= 15 is 0 Å². The maximum Gasteiger partial charge on any atom is 0.241 e. The Balaban J connectivity index is 1.51. The molecule has 2 aliphatic heterocycles. The topological polar surface area (TPSA) is 80.8 Å². The summed E-state index contributed by atoms with van der Waals surface area (Å²) in [4.78, 5) is 56.3. The zero-order chi connectivity index (χ0) is 26.3. The smallest absolute Gasteiger partial charge is 0.241 e. The fourth-order valence-electron chi connectivity index (χ4n) is 5.84. The Morgan fingerprint density at radius 2 is 1.35 bits per heavy atom. The van der Waals surface area contributed by atoms with E-state index in [1.807, 2.05) is 24.3 Å². The second kappa shape index (κ2) is 7.76. The molecule has 3 aliphatic rings. The van der Waals surface area contributed by atoms with Crippen LogP contribution < -0.4 is 4.90 Å². The fraction of sp³-hybridized carbons (Fsp3) is 0.267. The summed E-state index contributed by atoms with van der Waals surface area (Å²) in [5.41, 5.74) is -0.0649. The number of benzene rings is 3. The van der Waals surface area contributed by atoms with E-state index < -0.39 is 52.7 Å². The van der Waals surface area contributed by atoms with E-state index in [4.69, 9.17) is 4.74 Å². The summed E-state index contributed by atoms with van der Waals surface area (Å²) in [5.74, 6) is -5.47. The van der Waals surface area contributed by atoms with E-state index in [9.17, 15) is 23.6 Å². The van der Waals surface area contributed by atoms with Gasteiger partial charge in [0.15, 0.2) is 0 Å². The molecule has 3 aromatic carbocycles. The number of imide groups is 1. The van der Waals surface area contributed by atoms with Crippen molar-refractivity contribution >= 4 is 29.1 Å². The molecule has 6 rings (SSSR count). The molecule has 0 radical (unpaired) electrons. The minimum atomic E-state index is -2.14. The molecule has 7 heteroatoms. The lowest BCUT2D eigenvalue weighted by atomic mass is 9.77. The van der Waals surface area contributed by atoms with Crippen molar-refractivity contribution in [3.63, 3.8) is 0 Å². The number of hydrogen-bond donors (Lipinski definition) is 0. The summed E-state index contributed by atoms with van der Waals surface area (Å²) in [5, 5.41) is 0. The van der Waals surface area contributed by atoms with Crippen LogP contribution in [-0.4, -0.2) is 29.0 Å². The van der Waals surface area contributed by atoms with Crippen molar-refractivity contribution in [3.8, 4) is 0 Å². The van der Waals surface area contributed by atoms with Crippen molar-refractivity contribution in [2.24, 2.45) is 11.8 Å². The lowest BCUT2D eigenvalue weighted by Gasteiger charge is -2.27. The van der Waals surface area contributed by atoms with Crippen molar-refractivity contribution in [2.75, 3.05) is 4.90 Å². The van der Waals surface area contributed by atoms with Gasteiger partial charge in [-0.1, -0.05) is 69.3 Å². The van der Waals surface area contributed by atoms with E-state index in [0.717, 1.165) is 22.6 Å². The molecule has 2 amide bonds. The number of Topliss-reactive ketones (excluding diaryl/α,β-unsaturated/α-hetero) is 2. The van der Waals surface area contributed by atoms with E-state index in [0.29, 0.717) is 5.56 Å². The number of carbonyl (C=O) groups is 4. The molecule has 3 unspecified atom stereocenters. The molecule has 0 N–H and O–H groups in total. The number of anilines is 1. The van der Waals surface area contributed by atoms with Crippen LogP contribution in [0.5, 0.6) is 0 Å². The number of ketones is 2. The van der Waals surface area contributed by atoms with Crippen molar-refractivity contribution < 1.29 is 28.3 Å². The van der Waals surface area contributed by atoms with Crippen LogP contribution in [0.3, 0.4) is 0 Å². The number of hydrogen-bond acceptors (Lipinski definition) is 5. The van der Waals surface area contributed by atoms with Crippen LogP contribution in [0.1, 0.15) is 58.7 Å². The Morgan fingerprint density at radius 3 is 1.89 bits per heavy atom. The second-order valence-corrected chi connectivity index (χ2v) is 10.8. The van der Waals surface area contributed by atoms with Gasteiger partial charge in [-0.2, -0.15) is 0 Å². The average molecular weight is 498 g/mol. The van der Waals surface area contributed by atoms with E-state index in [1.165, 1.54) is 24.3 Å². The van der Waals surface area contributed by atoms with Gasteiger partial charge in [0, 0.05) is 11.1 Å². The fourth-order valence-corrected chi connectivity index (χ4v) is 5.84. The van der Waals surface area contributed by atoms with Crippen LogP contribution in [0.4, 0.5) is 10.1 Å². The van der Waals surface area contributed by atoms with Crippen LogP contribution in [0.2, 0.25) is 0 Å². The SMILES string of the molecule is CC(C)(C)c1ccc(C2OC3(C(=O)c4ccccc4C3=O)C3C(=O)N(c4ccc(F)cc4)C(=O)C23)cc1. The Bertz CT molecular complexity index is 1450. The molecule has 0 saturated carbocycles. The third kappa shape index (κ3) is 3.13. The Kier molecular flexibility index (Phi) is 4.92. The number of carbonyl (C=O) groups excluding carboxylic acids is 4. The van der Waals surface area contributed by atoms with Gasteiger partial charge >= 0.3 is 0 Å². The minimum absolute atomic E-state index is 0.115. The number of rotatable bonds is 2. The molecule has 2 fully saturated rings. The summed E-state index contributed by atoms with van der Waals surface area (Å²) >= 11 is 0. The molecule has 37 heavy (non-hydrogen) atoms. The monoisotopic (exact) mass is 497 g/mol. The predicted octanol–water partition coefficient (Wildman–Crippen LogP) is 4.82. The van der Waals surface area contributed by atoms with Crippen LogP contribution in [-0.2, 0) is 19.7 Å². The van der Waals surface area contributed by atoms with E-state index in [2.05, 4.69) is 20.8 Å². The summed E-state index contributed by atoms with van der Waals surface area (Å²) in [7, 11) is 0. The van der Waals surface area contributed by atoms with Gasteiger partial charge in [0.25, 0.3) is 0 Å². The third-order valence-corrected chi connectivity index (χ3v) is 7.71. The highest BCUT2D eigenvalue weighted by molar-refractivity contribution is 6.37. The quantitative estimate of drug-likeness (QED) is 0.375. The third-order valence-electron chi connectivity index (χ3n) is 7.71. The standard InChI is InChI=1S/C30H24FNO5/c1-29(2,3)17-10-8-16(9-11-17)24-22-23(28(36)32(27(22)35)19-14-12-18(31)13-15-19)30(37-24)25(33)20-6-4-5-7-21(20)26(30)34/h4-15,22-24H,1-3H3. The number of amides is 2. The first-order valence-corrected chi connectivity index (χ1v) is 12.2. The number of ether oxygens (including phenoxy) is 1. The molecule has 186 valence electrons. The molecule has 6 nitrogen and oxygen atoms in total. The maximum absolute atomic E-state index is 13.9.